The molecule has 1 aromatic carbocycles. The fourth-order valence-corrected chi connectivity index (χ4v) is 9.97. The Morgan fingerprint density at radius 1 is 0.974 bits per heavy atom. The topological polar surface area (TPSA) is 112 Å². The fourth-order valence-electron chi connectivity index (χ4n) is 9.97. The zero-order valence-corrected chi connectivity index (χ0v) is 22.6. The van der Waals surface area contributed by atoms with Crippen LogP contribution >= 0.6 is 0 Å². The molecule has 7 nitrogen and oxygen atoms in total. The van der Waals surface area contributed by atoms with Gasteiger partial charge in [-0.2, -0.15) is 0 Å². The lowest BCUT2D eigenvalue weighted by Crippen LogP contribution is -2.65. The Hall–Kier alpha value is -2.96. The standard InChI is InChI=1S/C31H37NO6/c1-16(2)20-15-31-13-10-21-29(3,11-5-12-30(21,4)28(37)38)22(31)14-19(20)23-24(31)26(34)32(25(23)33)18-8-6-17(7-9-18)27(35)36/h6-9,15-16,19,21-24H,5,10-14H2,1-4H3,(H,35,36)(H,37,38)/t19-,21+,22-,23+,24-,29-,30+,31-/m0/s1. The van der Waals surface area contributed by atoms with Gasteiger partial charge in [0.15, 0.2) is 0 Å². The van der Waals surface area contributed by atoms with Crippen molar-refractivity contribution in [3.63, 3.8) is 0 Å². The molecule has 2 bridgehead atoms. The number of carbonyl (C=O) groups is 4. The summed E-state index contributed by atoms with van der Waals surface area (Å²) in [6.07, 6.45) is 7.13. The summed E-state index contributed by atoms with van der Waals surface area (Å²) in [6, 6.07) is 5.99. The van der Waals surface area contributed by atoms with E-state index in [0.717, 1.165) is 32.1 Å². The second kappa shape index (κ2) is 8.03. The van der Waals surface area contributed by atoms with E-state index in [0.29, 0.717) is 12.1 Å². The van der Waals surface area contributed by atoms with E-state index < -0.39 is 34.6 Å². The van der Waals surface area contributed by atoms with E-state index in [4.69, 9.17) is 0 Å². The maximum Gasteiger partial charge on any atom is 0.335 e. The van der Waals surface area contributed by atoms with Crippen LogP contribution in [0, 0.1) is 51.8 Å². The highest BCUT2D eigenvalue weighted by Crippen LogP contribution is 2.74. The third-order valence-corrected chi connectivity index (χ3v) is 11.5. The molecule has 6 aliphatic rings. The SMILES string of the molecule is CC(C)C1=C[C@@]23CC[C@@H]4[C@](C)(CCC[C@@]4(C)C(=O)O)[C@@H]2C[C@@H]1[C@H]1C(=O)N(c2ccc(C(=O)O)cc2)C(=O)[C@H]13. The van der Waals surface area contributed by atoms with Crippen LogP contribution in [0.1, 0.15) is 76.6 Å². The van der Waals surface area contributed by atoms with Crippen molar-refractivity contribution in [2.45, 2.75) is 66.2 Å². The number of carboxylic acids is 2. The molecular formula is C31H37NO6. The van der Waals surface area contributed by atoms with Crippen molar-refractivity contribution in [2.24, 2.45) is 51.8 Å². The monoisotopic (exact) mass is 519 g/mol. The summed E-state index contributed by atoms with van der Waals surface area (Å²) in [5.74, 6) is -2.62. The molecule has 0 radical (unpaired) electrons. The summed E-state index contributed by atoms with van der Waals surface area (Å²) < 4.78 is 0. The van der Waals surface area contributed by atoms with Crippen LogP contribution in [0.3, 0.4) is 0 Å². The molecule has 5 aliphatic carbocycles. The van der Waals surface area contributed by atoms with Gasteiger partial charge in [0.2, 0.25) is 11.8 Å². The van der Waals surface area contributed by atoms with E-state index in [1.54, 1.807) is 12.1 Å². The number of carboxylic acid groups (broad SMARTS) is 2. The Balaban J connectivity index is 1.46. The number of allylic oxidation sites excluding steroid dienone is 2. The lowest BCUT2D eigenvalue weighted by Gasteiger charge is -2.68. The van der Waals surface area contributed by atoms with Crippen molar-refractivity contribution in [2.75, 3.05) is 4.90 Å². The van der Waals surface area contributed by atoms with Crippen molar-refractivity contribution in [1.82, 2.24) is 0 Å². The lowest BCUT2D eigenvalue weighted by atomic mass is 9.34. The molecule has 1 aliphatic heterocycles. The zero-order chi connectivity index (χ0) is 27.4. The van der Waals surface area contributed by atoms with Gasteiger partial charge in [-0.15, -0.1) is 0 Å². The number of aromatic carboxylic acids is 1. The maximum absolute atomic E-state index is 14.3. The molecule has 38 heavy (non-hydrogen) atoms. The number of rotatable bonds is 4. The third kappa shape index (κ3) is 3.02. The first-order chi connectivity index (χ1) is 17.9. The van der Waals surface area contributed by atoms with Gasteiger partial charge in [0.1, 0.15) is 0 Å². The van der Waals surface area contributed by atoms with Gasteiger partial charge in [-0.25, -0.2) is 4.79 Å². The highest BCUT2D eigenvalue weighted by atomic mass is 16.4. The summed E-state index contributed by atoms with van der Waals surface area (Å²) in [5, 5.41) is 19.6. The van der Waals surface area contributed by atoms with Gasteiger partial charge in [0.05, 0.1) is 28.5 Å². The van der Waals surface area contributed by atoms with Crippen molar-refractivity contribution >= 4 is 29.4 Å². The van der Waals surface area contributed by atoms with Crippen molar-refractivity contribution in [3.05, 3.63) is 41.5 Å². The number of nitrogens with zero attached hydrogens (tertiary/aromatic N) is 1. The number of benzene rings is 1. The van der Waals surface area contributed by atoms with Crippen LogP contribution in [-0.4, -0.2) is 34.0 Å². The molecule has 1 saturated heterocycles. The van der Waals surface area contributed by atoms with Crippen LogP contribution in [-0.2, 0) is 14.4 Å². The molecule has 1 spiro atoms. The first-order valence-electron chi connectivity index (χ1n) is 14.0. The van der Waals surface area contributed by atoms with Crippen LogP contribution in [0.15, 0.2) is 35.9 Å². The smallest absolute Gasteiger partial charge is 0.335 e. The van der Waals surface area contributed by atoms with Gasteiger partial charge in [-0.05, 0) is 92.4 Å². The molecule has 2 amide bonds. The Morgan fingerprint density at radius 2 is 1.66 bits per heavy atom. The number of hydrogen-bond acceptors (Lipinski definition) is 4. The summed E-state index contributed by atoms with van der Waals surface area (Å²) in [4.78, 5) is 53.5. The predicted octanol–water partition coefficient (Wildman–Crippen LogP) is 5.40. The Labute approximate surface area is 223 Å². The maximum atomic E-state index is 14.3. The van der Waals surface area contributed by atoms with Gasteiger partial charge in [0.25, 0.3) is 0 Å². The minimum Gasteiger partial charge on any atom is -0.481 e. The minimum absolute atomic E-state index is 0.0393. The van der Waals surface area contributed by atoms with E-state index in [1.807, 2.05) is 6.92 Å². The molecule has 4 fully saturated rings. The van der Waals surface area contributed by atoms with Gasteiger partial charge in [-0.3, -0.25) is 19.3 Å². The van der Waals surface area contributed by atoms with Crippen LogP contribution in [0.5, 0.6) is 0 Å². The van der Waals surface area contributed by atoms with Crippen molar-refractivity contribution < 1.29 is 29.4 Å². The number of anilines is 1. The number of fused-ring (bicyclic) bond motifs is 1. The lowest BCUT2D eigenvalue weighted by molar-refractivity contribution is -0.194. The van der Waals surface area contributed by atoms with Gasteiger partial charge in [-0.1, -0.05) is 38.8 Å². The molecular weight excluding hydrogens is 482 g/mol. The summed E-state index contributed by atoms with van der Waals surface area (Å²) in [5.41, 5.74) is 0.343. The Kier molecular flexibility index (Phi) is 5.35. The van der Waals surface area contributed by atoms with Crippen molar-refractivity contribution in [1.29, 1.82) is 0 Å². The van der Waals surface area contributed by atoms with Crippen LogP contribution < -0.4 is 4.90 Å². The van der Waals surface area contributed by atoms with E-state index in [1.165, 1.54) is 22.6 Å². The van der Waals surface area contributed by atoms with Gasteiger partial charge >= 0.3 is 11.9 Å². The number of carbonyl (C=O) groups excluding carboxylic acids is 2. The number of amides is 2. The third-order valence-electron chi connectivity index (χ3n) is 11.5. The van der Waals surface area contributed by atoms with Gasteiger partial charge in [0, 0.05) is 5.41 Å². The number of imide groups is 1. The highest BCUT2D eigenvalue weighted by molar-refractivity contribution is 6.23. The second-order valence-corrected chi connectivity index (χ2v) is 13.3. The van der Waals surface area contributed by atoms with Crippen LogP contribution in [0.4, 0.5) is 5.69 Å². The molecule has 3 saturated carbocycles. The second-order valence-electron chi connectivity index (χ2n) is 13.3. The van der Waals surface area contributed by atoms with Crippen LogP contribution in [0.25, 0.3) is 0 Å². The molecule has 8 atom stereocenters. The van der Waals surface area contributed by atoms with Crippen LogP contribution in [0.2, 0.25) is 0 Å². The normalized spacial score (nSPS) is 41.4. The molecule has 0 unspecified atom stereocenters. The average Bonchev–Trinajstić information content (AvgIpc) is 3.15. The summed E-state index contributed by atoms with van der Waals surface area (Å²) in [7, 11) is 0. The molecule has 7 heteroatoms. The molecule has 202 valence electrons. The first kappa shape index (κ1) is 25.3. The number of hydrogen-bond donors (Lipinski definition) is 2. The molecule has 2 N–H and O–H groups in total. The molecule has 7 rings (SSSR count). The summed E-state index contributed by atoms with van der Waals surface area (Å²) in [6.45, 7) is 8.51. The van der Waals surface area contributed by atoms with E-state index in [2.05, 4.69) is 26.8 Å². The van der Waals surface area contributed by atoms with Gasteiger partial charge < -0.3 is 10.2 Å². The first-order valence-corrected chi connectivity index (χ1v) is 14.0. The van der Waals surface area contributed by atoms with E-state index >= 15 is 0 Å². The van der Waals surface area contributed by atoms with E-state index in [-0.39, 0.29) is 46.5 Å². The fraction of sp³-hybridized carbons (Fsp3) is 0.613. The van der Waals surface area contributed by atoms with Crippen molar-refractivity contribution in [3.8, 4) is 0 Å². The quantitative estimate of drug-likeness (QED) is 0.407. The van der Waals surface area contributed by atoms with E-state index in [9.17, 15) is 29.4 Å². The largest absolute Gasteiger partial charge is 0.481 e. The average molecular weight is 520 g/mol. The molecule has 0 aromatic heterocycles. The minimum atomic E-state index is -1.05. The predicted molar refractivity (Wildman–Crippen MR) is 140 cm³/mol. The molecule has 1 aromatic rings. The number of aliphatic carboxylic acids is 1. The Bertz CT molecular complexity index is 1280. The highest BCUT2D eigenvalue weighted by Gasteiger charge is 2.73. The summed E-state index contributed by atoms with van der Waals surface area (Å²) >= 11 is 0. The molecule has 1 heterocycles. The zero-order valence-electron chi connectivity index (χ0n) is 22.6. The Morgan fingerprint density at radius 3 is 2.26 bits per heavy atom.